The van der Waals surface area contributed by atoms with Crippen molar-refractivity contribution in [3.05, 3.63) is 0 Å². The molecule has 3 heteroatoms. The number of hydrogen-bond acceptors (Lipinski definition) is 3. The van der Waals surface area contributed by atoms with Crippen molar-refractivity contribution in [1.82, 2.24) is 0 Å². The Morgan fingerprint density at radius 1 is 1.38 bits per heavy atom. The lowest BCUT2D eigenvalue weighted by Gasteiger charge is -2.32. The van der Waals surface area contributed by atoms with Crippen LogP contribution in [0.2, 0.25) is 0 Å². The average molecular weight is 188 g/mol. The van der Waals surface area contributed by atoms with E-state index in [1.165, 1.54) is 0 Å². The van der Waals surface area contributed by atoms with Gasteiger partial charge in [0.15, 0.2) is 5.79 Å². The third-order valence-corrected chi connectivity index (χ3v) is 2.70. The van der Waals surface area contributed by atoms with Gasteiger partial charge in [0, 0.05) is 13.0 Å². The van der Waals surface area contributed by atoms with Crippen molar-refractivity contribution in [2.75, 3.05) is 13.2 Å². The van der Waals surface area contributed by atoms with Crippen molar-refractivity contribution >= 4 is 0 Å². The van der Waals surface area contributed by atoms with Gasteiger partial charge < -0.3 is 14.6 Å². The van der Waals surface area contributed by atoms with Crippen LogP contribution in [-0.4, -0.2) is 29.7 Å². The quantitative estimate of drug-likeness (QED) is 0.730. The highest BCUT2D eigenvalue weighted by Gasteiger charge is 2.46. The van der Waals surface area contributed by atoms with Crippen molar-refractivity contribution < 1.29 is 14.6 Å². The van der Waals surface area contributed by atoms with Gasteiger partial charge in [0.05, 0.1) is 12.2 Å². The van der Waals surface area contributed by atoms with E-state index in [0.717, 1.165) is 0 Å². The van der Waals surface area contributed by atoms with E-state index in [-0.39, 0.29) is 12.2 Å². The Balaban J connectivity index is 2.71. The lowest BCUT2D eigenvalue weighted by molar-refractivity contribution is -0.173. The fraction of sp³-hybridized carbons (Fsp3) is 1.00. The van der Waals surface area contributed by atoms with E-state index >= 15 is 0 Å². The molecule has 0 saturated carbocycles. The van der Waals surface area contributed by atoms with Crippen molar-refractivity contribution in [2.24, 2.45) is 5.92 Å². The number of aliphatic hydroxyl groups excluding tert-OH is 1. The summed E-state index contributed by atoms with van der Waals surface area (Å²) in [5, 5.41) is 8.98. The third-order valence-electron chi connectivity index (χ3n) is 2.70. The van der Waals surface area contributed by atoms with Crippen LogP contribution in [0.1, 0.15) is 34.1 Å². The van der Waals surface area contributed by atoms with Crippen molar-refractivity contribution in [3.63, 3.8) is 0 Å². The van der Waals surface area contributed by atoms with E-state index in [0.29, 0.717) is 18.9 Å². The van der Waals surface area contributed by atoms with Crippen LogP contribution in [0.25, 0.3) is 0 Å². The molecular formula is C10H20O3. The summed E-state index contributed by atoms with van der Waals surface area (Å²) in [7, 11) is 0. The molecule has 0 amide bonds. The zero-order chi connectivity index (χ0) is 10.1. The highest BCUT2D eigenvalue weighted by atomic mass is 16.8. The smallest absolute Gasteiger partial charge is 0.163 e. The van der Waals surface area contributed by atoms with E-state index in [9.17, 15) is 0 Å². The molecule has 13 heavy (non-hydrogen) atoms. The van der Waals surface area contributed by atoms with Gasteiger partial charge in [0.25, 0.3) is 0 Å². The first kappa shape index (κ1) is 11.0. The van der Waals surface area contributed by atoms with Gasteiger partial charge in [-0.15, -0.1) is 0 Å². The fourth-order valence-corrected chi connectivity index (χ4v) is 1.73. The van der Waals surface area contributed by atoms with Gasteiger partial charge in [0.1, 0.15) is 0 Å². The molecule has 1 fully saturated rings. The number of rotatable bonds is 3. The van der Waals surface area contributed by atoms with Crippen molar-refractivity contribution in [3.8, 4) is 0 Å². The molecular weight excluding hydrogens is 168 g/mol. The molecule has 1 heterocycles. The zero-order valence-electron chi connectivity index (χ0n) is 8.96. The Labute approximate surface area is 80.0 Å². The van der Waals surface area contributed by atoms with Gasteiger partial charge in [-0.1, -0.05) is 13.8 Å². The second kappa shape index (κ2) is 3.56. The SMILES string of the molecule is CC(C)C1(CCO)COC(C)(C)O1. The Hall–Kier alpha value is -0.120. The molecule has 1 aliphatic heterocycles. The van der Waals surface area contributed by atoms with Gasteiger partial charge >= 0.3 is 0 Å². The first-order valence-corrected chi connectivity index (χ1v) is 4.87. The van der Waals surface area contributed by atoms with Crippen LogP contribution < -0.4 is 0 Å². The van der Waals surface area contributed by atoms with Gasteiger partial charge in [0.2, 0.25) is 0 Å². The molecule has 3 nitrogen and oxygen atoms in total. The predicted octanol–water partition coefficient (Wildman–Crippen LogP) is 1.55. The van der Waals surface area contributed by atoms with E-state index in [4.69, 9.17) is 14.6 Å². The summed E-state index contributed by atoms with van der Waals surface area (Å²) in [4.78, 5) is 0. The van der Waals surface area contributed by atoms with Gasteiger partial charge in [-0.3, -0.25) is 0 Å². The van der Waals surface area contributed by atoms with Gasteiger partial charge in [-0.25, -0.2) is 0 Å². The topological polar surface area (TPSA) is 38.7 Å². The largest absolute Gasteiger partial charge is 0.396 e. The molecule has 78 valence electrons. The standard InChI is InChI=1S/C10H20O3/c1-8(2)10(5-6-11)7-12-9(3,4)13-10/h8,11H,5-7H2,1-4H3. The molecule has 0 spiro atoms. The molecule has 0 radical (unpaired) electrons. The van der Waals surface area contributed by atoms with Crippen molar-refractivity contribution in [1.29, 1.82) is 0 Å². The lowest BCUT2D eigenvalue weighted by atomic mass is 9.88. The minimum Gasteiger partial charge on any atom is -0.396 e. The second-order valence-corrected chi connectivity index (χ2v) is 4.48. The van der Waals surface area contributed by atoms with Crippen LogP contribution >= 0.6 is 0 Å². The summed E-state index contributed by atoms with van der Waals surface area (Å²) in [6, 6.07) is 0. The summed E-state index contributed by atoms with van der Waals surface area (Å²) in [5.41, 5.74) is -0.293. The number of hydrogen-bond donors (Lipinski definition) is 1. The fourth-order valence-electron chi connectivity index (χ4n) is 1.73. The van der Waals surface area contributed by atoms with Crippen LogP contribution in [0.15, 0.2) is 0 Å². The van der Waals surface area contributed by atoms with Gasteiger partial charge in [-0.05, 0) is 19.8 Å². The number of ether oxygens (including phenoxy) is 2. The molecule has 1 unspecified atom stereocenters. The monoisotopic (exact) mass is 188 g/mol. The maximum Gasteiger partial charge on any atom is 0.163 e. The molecule has 0 aromatic carbocycles. The molecule has 1 saturated heterocycles. The molecule has 1 aliphatic rings. The Morgan fingerprint density at radius 3 is 2.31 bits per heavy atom. The van der Waals surface area contributed by atoms with Crippen LogP contribution in [0.4, 0.5) is 0 Å². The van der Waals surface area contributed by atoms with E-state index < -0.39 is 5.79 Å². The first-order valence-electron chi connectivity index (χ1n) is 4.87. The average Bonchev–Trinajstić information content (AvgIpc) is 2.28. The molecule has 0 aromatic heterocycles. The lowest BCUT2D eigenvalue weighted by Crippen LogP contribution is -2.40. The molecule has 1 N–H and O–H groups in total. The molecule has 0 aliphatic carbocycles. The van der Waals surface area contributed by atoms with E-state index in [1.54, 1.807) is 0 Å². The first-order chi connectivity index (χ1) is 5.92. The molecule has 0 aromatic rings. The summed E-state index contributed by atoms with van der Waals surface area (Å²) >= 11 is 0. The molecule has 1 rings (SSSR count). The Bertz CT molecular complexity index is 177. The molecule has 1 atom stereocenters. The Kier molecular flexibility index (Phi) is 3.00. The minimum absolute atomic E-state index is 0.150. The zero-order valence-corrected chi connectivity index (χ0v) is 8.96. The summed E-state index contributed by atoms with van der Waals surface area (Å²) < 4.78 is 11.4. The summed E-state index contributed by atoms with van der Waals surface area (Å²) in [5.74, 6) is -0.138. The minimum atomic E-state index is -0.501. The maximum atomic E-state index is 8.98. The number of aliphatic hydroxyl groups is 1. The van der Waals surface area contributed by atoms with Crippen LogP contribution in [-0.2, 0) is 9.47 Å². The summed E-state index contributed by atoms with van der Waals surface area (Å²) in [6.45, 7) is 8.75. The highest BCUT2D eigenvalue weighted by Crippen LogP contribution is 2.38. The van der Waals surface area contributed by atoms with E-state index in [2.05, 4.69) is 13.8 Å². The van der Waals surface area contributed by atoms with Gasteiger partial charge in [-0.2, -0.15) is 0 Å². The second-order valence-electron chi connectivity index (χ2n) is 4.48. The third kappa shape index (κ3) is 2.22. The Morgan fingerprint density at radius 2 is 2.00 bits per heavy atom. The maximum absolute atomic E-state index is 8.98. The van der Waals surface area contributed by atoms with Crippen LogP contribution in [0.5, 0.6) is 0 Å². The predicted molar refractivity (Wildman–Crippen MR) is 50.4 cm³/mol. The van der Waals surface area contributed by atoms with E-state index in [1.807, 2.05) is 13.8 Å². The normalized spacial score (nSPS) is 32.8. The highest BCUT2D eigenvalue weighted by molar-refractivity contribution is 4.90. The van der Waals surface area contributed by atoms with Crippen LogP contribution in [0.3, 0.4) is 0 Å². The summed E-state index contributed by atoms with van der Waals surface area (Å²) in [6.07, 6.45) is 0.647. The van der Waals surface area contributed by atoms with Crippen molar-refractivity contribution in [2.45, 2.75) is 45.5 Å². The van der Waals surface area contributed by atoms with Crippen LogP contribution in [0, 0.1) is 5.92 Å². The molecule has 0 bridgehead atoms.